The molecule has 2 N–H and O–H groups in total. The first-order chi connectivity index (χ1) is 11.4. The van der Waals surface area contributed by atoms with Crippen LogP contribution in [0.25, 0.3) is 0 Å². The molecule has 3 rings (SSSR count). The molecule has 0 spiro atoms. The Hall–Kier alpha value is -2.12. The summed E-state index contributed by atoms with van der Waals surface area (Å²) in [6.07, 6.45) is 3.39. The number of nitrogens with one attached hydrogen (secondary N) is 2. The average Bonchev–Trinajstić information content (AvgIpc) is 3.18. The van der Waals surface area contributed by atoms with Crippen molar-refractivity contribution in [2.45, 2.75) is 37.8 Å². The summed E-state index contributed by atoms with van der Waals surface area (Å²) in [4.78, 5) is 12.3. The van der Waals surface area contributed by atoms with E-state index < -0.39 is 10.0 Å². The van der Waals surface area contributed by atoms with Crippen molar-refractivity contribution in [3.63, 3.8) is 0 Å². The smallest absolute Gasteiger partial charge is 0.273 e. The van der Waals surface area contributed by atoms with Crippen LogP contribution in [0, 0.1) is 6.92 Å². The van der Waals surface area contributed by atoms with Crippen LogP contribution in [-0.2, 0) is 29.4 Å². The Kier molecular flexibility index (Phi) is 4.47. The number of hydrogen-bond acceptors (Lipinski definition) is 4. The number of fused-ring (bicyclic) bond motifs is 1. The maximum Gasteiger partial charge on any atom is 0.273 e. The molecule has 1 amide bonds. The third-order valence-electron chi connectivity index (χ3n) is 4.29. The van der Waals surface area contributed by atoms with Gasteiger partial charge in [0.25, 0.3) is 15.9 Å². The zero-order valence-electron chi connectivity index (χ0n) is 13.7. The van der Waals surface area contributed by atoms with Crippen molar-refractivity contribution in [3.8, 4) is 0 Å². The maximum absolute atomic E-state index is 12.3. The molecule has 0 radical (unpaired) electrons. The molecule has 0 saturated carbocycles. The second-order valence-corrected chi connectivity index (χ2v) is 7.70. The number of hydrogen-bond donors (Lipinski definition) is 2. The lowest BCUT2D eigenvalue weighted by atomic mass is 10.1. The van der Waals surface area contributed by atoms with Gasteiger partial charge in [-0.3, -0.25) is 4.79 Å². The first-order valence-electron chi connectivity index (χ1n) is 7.83. The lowest BCUT2D eigenvalue weighted by Gasteiger charge is -2.07. The van der Waals surface area contributed by atoms with Gasteiger partial charge in [0.1, 0.15) is 5.76 Å². The van der Waals surface area contributed by atoms with E-state index in [9.17, 15) is 13.2 Å². The number of aryl methyl sites for hydroxylation is 3. The Morgan fingerprint density at radius 2 is 1.96 bits per heavy atom. The summed E-state index contributed by atoms with van der Waals surface area (Å²) in [5, 5.41) is 2.56. The molecule has 0 aliphatic heterocycles. The normalized spacial score (nSPS) is 13.8. The van der Waals surface area contributed by atoms with Gasteiger partial charge in [-0.2, -0.15) is 0 Å². The average molecular weight is 348 g/mol. The van der Waals surface area contributed by atoms with Gasteiger partial charge < -0.3 is 9.73 Å². The van der Waals surface area contributed by atoms with Gasteiger partial charge in [0.05, 0.1) is 5.56 Å². The Balaban J connectivity index is 1.71. The Morgan fingerprint density at radius 3 is 2.71 bits per heavy atom. The fourth-order valence-corrected chi connectivity index (χ4v) is 3.63. The monoisotopic (exact) mass is 348 g/mol. The molecule has 0 fully saturated rings. The molecule has 0 unspecified atom stereocenters. The first-order valence-corrected chi connectivity index (χ1v) is 9.32. The summed E-state index contributed by atoms with van der Waals surface area (Å²) in [6, 6.07) is 7.51. The zero-order chi connectivity index (χ0) is 17.3. The molecule has 1 heterocycles. The Labute approximate surface area is 141 Å². The molecule has 7 heteroatoms. The topological polar surface area (TPSA) is 88.4 Å². The number of benzene rings is 1. The Bertz CT molecular complexity index is 884. The highest BCUT2D eigenvalue weighted by molar-refractivity contribution is 7.89. The van der Waals surface area contributed by atoms with Crippen molar-refractivity contribution in [2.24, 2.45) is 0 Å². The quantitative estimate of drug-likeness (QED) is 0.864. The van der Waals surface area contributed by atoms with E-state index in [0.717, 1.165) is 18.4 Å². The molecule has 1 aliphatic rings. The molecule has 0 saturated heterocycles. The van der Waals surface area contributed by atoms with Crippen LogP contribution in [0.2, 0.25) is 0 Å². The second-order valence-electron chi connectivity index (χ2n) is 5.88. The van der Waals surface area contributed by atoms with Crippen LogP contribution in [-0.4, -0.2) is 21.4 Å². The van der Waals surface area contributed by atoms with E-state index in [1.165, 1.54) is 30.7 Å². The van der Waals surface area contributed by atoms with Gasteiger partial charge in [-0.25, -0.2) is 13.1 Å². The van der Waals surface area contributed by atoms with E-state index in [2.05, 4.69) is 22.2 Å². The third-order valence-corrected chi connectivity index (χ3v) is 5.56. The molecule has 1 aromatic heterocycles. The van der Waals surface area contributed by atoms with Crippen molar-refractivity contribution >= 4 is 15.9 Å². The van der Waals surface area contributed by atoms with Crippen LogP contribution < -0.4 is 10.0 Å². The van der Waals surface area contributed by atoms with Gasteiger partial charge in [-0.05, 0) is 49.9 Å². The van der Waals surface area contributed by atoms with Crippen molar-refractivity contribution in [3.05, 3.63) is 52.3 Å². The summed E-state index contributed by atoms with van der Waals surface area (Å²) < 4.78 is 30.8. The molecule has 6 nitrogen and oxygen atoms in total. The summed E-state index contributed by atoms with van der Waals surface area (Å²) in [5.74, 6) is -0.0791. The molecular formula is C17H20N2O4S. The molecular weight excluding hydrogens is 328 g/mol. The number of carbonyl (C=O) groups excluding carboxylic acids is 1. The number of rotatable bonds is 5. The van der Waals surface area contributed by atoms with E-state index in [4.69, 9.17) is 4.42 Å². The molecule has 0 atom stereocenters. The highest BCUT2D eigenvalue weighted by atomic mass is 32.2. The lowest BCUT2D eigenvalue weighted by molar-refractivity contribution is 0.0949. The first kappa shape index (κ1) is 16.7. The fraction of sp³-hybridized carbons (Fsp3) is 0.353. The molecule has 128 valence electrons. The molecule has 0 bridgehead atoms. The standard InChI is InChI=1S/C17H20N2O4S/c1-11-15(9-16(23-11)24(21,22)18-2)17(20)19-10-12-6-7-13-4-3-5-14(13)8-12/h6-9,18H,3-5,10H2,1-2H3,(H,19,20). The largest absolute Gasteiger partial charge is 0.448 e. The predicted molar refractivity (Wildman–Crippen MR) is 89.3 cm³/mol. The minimum atomic E-state index is -3.70. The highest BCUT2D eigenvalue weighted by Crippen LogP contribution is 2.23. The number of sulfonamides is 1. The third kappa shape index (κ3) is 3.22. The van der Waals surface area contributed by atoms with Crippen LogP contribution in [0.4, 0.5) is 0 Å². The van der Waals surface area contributed by atoms with E-state index in [-0.39, 0.29) is 22.3 Å². The van der Waals surface area contributed by atoms with Crippen LogP contribution in [0.1, 0.15) is 39.2 Å². The van der Waals surface area contributed by atoms with Crippen LogP contribution >= 0.6 is 0 Å². The maximum atomic E-state index is 12.3. The van der Waals surface area contributed by atoms with Crippen molar-refractivity contribution in [2.75, 3.05) is 7.05 Å². The van der Waals surface area contributed by atoms with E-state index in [0.29, 0.717) is 6.54 Å². The van der Waals surface area contributed by atoms with Crippen LogP contribution in [0.3, 0.4) is 0 Å². The van der Waals surface area contributed by atoms with Crippen molar-refractivity contribution < 1.29 is 17.6 Å². The summed E-state index contributed by atoms with van der Waals surface area (Å²) in [6.45, 7) is 1.96. The summed E-state index contributed by atoms with van der Waals surface area (Å²) >= 11 is 0. The van der Waals surface area contributed by atoms with Crippen molar-refractivity contribution in [1.29, 1.82) is 0 Å². The molecule has 1 aromatic carbocycles. The van der Waals surface area contributed by atoms with Gasteiger partial charge in [0, 0.05) is 12.6 Å². The predicted octanol–water partition coefficient (Wildman–Crippen LogP) is 1.91. The number of furan rings is 1. The van der Waals surface area contributed by atoms with Gasteiger partial charge in [0.2, 0.25) is 5.09 Å². The Morgan fingerprint density at radius 1 is 1.21 bits per heavy atom. The van der Waals surface area contributed by atoms with Gasteiger partial charge in [-0.15, -0.1) is 0 Å². The minimum Gasteiger partial charge on any atom is -0.448 e. The van der Waals surface area contributed by atoms with Gasteiger partial charge in [0.15, 0.2) is 0 Å². The minimum absolute atomic E-state index is 0.227. The number of carbonyl (C=O) groups is 1. The van der Waals surface area contributed by atoms with Crippen LogP contribution in [0.15, 0.2) is 33.8 Å². The lowest BCUT2D eigenvalue weighted by Crippen LogP contribution is -2.23. The molecule has 2 aromatic rings. The SMILES string of the molecule is CNS(=O)(=O)c1cc(C(=O)NCc2ccc3c(c2)CCC3)c(C)o1. The van der Waals surface area contributed by atoms with Gasteiger partial charge >= 0.3 is 0 Å². The molecule has 1 aliphatic carbocycles. The van der Waals surface area contributed by atoms with E-state index >= 15 is 0 Å². The molecule has 24 heavy (non-hydrogen) atoms. The van der Waals surface area contributed by atoms with Crippen molar-refractivity contribution in [1.82, 2.24) is 10.0 Å². The second kappa shape index (κ2) is 6.41. The van der Waals surface area contributed by atoms with E-state index in [1.807, 2.05) is 6.07 Å². The summed E-state index contributed by atoms with van der Waals surface area (Å²) in [5.41, 5.74) is 4.00. The van der Waals surface area contributed by atoms with E-state index in [1.54, 1.807) is 6.92 Å². The number of amides is 1. The zero-order valence-corrected chi connectivity index (χ0v) is 14.5. The van der Waals surface area contributed by atoms with Crippen LogP contribution in [0.5, 0.6) is 0 Å². The fourth-order valence-electron chi connectivity index (χ4n) is 2.93. The summed E-state index contributed by atoms with van der Waals surface area (Å²) in [7, 11) is -2.41. The van der Waals surface area contributed by atoms with Gasteiger partial charge in [-0.1, -0.05) is 18.2 Å². The highest BCUT2D eigenvalue weighted by Gasteiger charge is 2.22.